The van der Waals surface area contributed by atoms with Gasteiger partial charge in [-0.25, -0.2) is 0 Å². The molecular formula is C22H32IN3O5. The quantitative estimate of drug-likeness (QED) is 0.270. The Morgan fingerprint density at radius 1 is 0.774 bits per heavy atom. The van der Waals surface area contributed by atoms with E-state index in [-0.39, 0.29) is 24.0 Å². The maximum atomic E-state index is 5.53. The van der Waals surface area contributed by atoms with Gasteiger partial charge in [0.05, 0.1) is 35.5 Å². The van der Waals surface area contributed by atoms with Gasteiger partial charge in [0.15, 0.2) is 29.0 Å². The number of nitrogens with one attached hydrogen (secondary N) is 2. The van der Waals surface area contributed by atoms with Crippen molar-refractivity contribution in [2.75, 3.05) is 49.1 Å². The van der Waals surface area contributed by atoms with E-state index in [0.717, 1.165) is 29.0 Å². The summed E-state index contributed by atoms with van der Waals surface area (Å²) >= 11 is 0. The molecule has 8 nitrogen and oxygen atoms in total. The largest absolute Gasteiger partial charge is 0.493 e. The zero-order valence-electron chi connectivity index (χ0n) is 18.9. The summed E-state index contributed by atoms with van der Waals surface area (Å²) in [6.07, 6.45) is 0.806. The van der Waals surface area contributed by atoms with Crippen LogP contribution in [0, 0.1) is 0 Å². The Labute approximate surface area is 201 Å². The summed E-state index contributed by atoms with van der Waals surface area (Å²) in [6, 6.07) is 9.69. The molecule has 0 saturated heterocycles. The molecule has 0 saturated carbocycles. The van der Waals surface area contributed by atoms with Gasteiger partial charge in [0.2, 0.25) is 5.75 Å². The Bertz CT molecular complexity index is 861. The zero-order chi connectivity index (χ0) is 21.9. The molecule has 2 N–H and O–H groups in total. The van der Waals surface area contributed by atoms with Crippen LogP contribution in [-0.2, 0) is 13.0 Å². The number of aliphatic imine (C=N–C) groups is 1. The SMILES string of the molecule is CN=C(NCCc1ccc(OC)c(OC)c1)NCc1ccc(OC)c(OC)c1OC.I. The van der Waals surface area contributed by atoms with Crippen molar-refractivity contribution in [1.29, 1.82) is 0 Å². The predicted octanol–water partition coefficient (Wildman–Crippen LogP) is 3.26. The van der Waals surface area contributed by atoms with Gasteiger partial charge in [0, 0.05) is 25.7 Å². The van der Waals surface area contributed by atoms with Gasteiger partial charge in [0.1, 0.15) is 0 Å². The van der Waals surface area contributed by atoms with Gasteiger partial charge in [0.25, 0.3) is 0 Å². The Balaban J connectivity index is 0.00000480. The molecule has 2 aromatic carbocycles. The summed E-state index contributed by atoms with van der Waals surface area (Å²) < 4.78 is 26.9. The van der Waals surface area contributed by atoms with Crippen LogP contribution in [0.15, 0.2) is 35.3 Å². The lowest BCUT2D eigenvalue weighted by Gasteiger charge is -2.17. The first-order valence-electron chi connectivity index (χ1n) is 9.55. The van der Waals surface area contributed by atoms with Crippen molar-refractivity contribution in [1.82, 2.24) is 10.6 Å². The van der Waals surface area contributed by atoms with Crippen molar-refractivity contribution < 1.29 is 23.7 Å². The molecular weight excluding hydrogens is 513 g/mol. The number of ether oxygens (including phenoxy) is 5. The average molecular weight is 545 g/mol. The number of methoxy groups -OCH3 is 5. The molecule has 0 atom stereocenters. The van der Waals surface area contributed by atoms with Gasteiger partial charge in [-0.3, -0.25) is 4.99 Å². The van der Waals surface area contributed by atoms with Gasteiger partial charge >= 0.3 is 0 Å². The van der Waals surface area contributed by atoms with Gasteiger partial charge in [-0.2, -0.15) is 0 Å². The Kier molecular flexibility index (Phi) is 11.7. The number of halogens is 1. The molecule has 2 aromatic rings. The number of rotatable bonds is 10. The summed E-state index contributed by atoms with van der Waals surface area (Å²) in [5.74, 6) is 3.94. The third kappa shape index (κ3) is 6.98. The van der Waals surface area contributed by atoms with Gasteiger partial charge in [-0.05, 0) is 36.2 Å². The molecule has 0 aliphatic carbocycles. The van der Waals surface area contributed by atoms with Crippen LogP contribution >= 0.6 is 24.0 Å². The Morgan fingerprint density at radius 2 is 1.42 bits per heavy atom. The molecule has 0 fully saturated rings. The van der Waals surface area contributed by atoms with Gasteiger partial charge < -0.3 is 34.3 Å². The standard InChI is InChI=1S/C22H31N3O5.HI/c1-23-22(24-12-11-15-7-9-17(26-2)19(13-15)28-4)25-14-16-8-10-18(27-3)21(30-6)20(16)29-5;/h7-10,13H,11-12,14H2,1-6H3,(H2,23,24,25);1H. The van der Waals surface area contributed by atoms with Crippen molar-refractivity contribution in [3.63, 3.8) is 0 Å². The van der Waals surface area contributed by atoms with Crippen molar-refractivity contribution in [2.24, 2.45) is 4.99 Å². The third-order valence-corrected chi connectivity index (χ3v) is 4.61. The second kappa shape index (κ2) is 13.7. The Hall–Kier alpha value is -2.56. The van der Waals surface area contributed by atoms with Crippen molar-refractivity contribution in [3.05, 3.63) is 41.5 Å². The molecule has 0 aliphatic rings. The minimum atomic E-state index is 0. The first-order chi connectivity index (χ1) is 14.6. The highest BCUT2D eigenvalue weighted by molar-refractivity contribution is 14.0. The van der Waals surface area contributed by atoms with Crippen LogP contribution < -0.4 is 34.3 Å². The second-order valence-corrected chi connectivity index (χ2v) is 6.29. The van der Waals surface area contributed by atoms with Crippen LogP contribution in [-0.4, -0.2) is 55.1 Å². The third-order valence-electron chi connectivity index (χ3n) is 4.61. The van der Waals surface area contributed by atoms with Gasteiger partial charge in [-0.15, -0.1) is 24.0 Å². The van der Waals surface area contributed by atoms with E-state index in [1.807, 2.05) is 30.3 Å². The van der Waals surface area contributed by atoms with Gasteiger partial charge in [-0.1, -0.05) is 6.07 Å². The van der Waals surface area contributed by atoms with Crippen LogP contribution in [0.3, 0.4) is 0 Å². The number of hydrogen-bond donors (Lipinski definition) is 2. The molecule has 0 aliphatic heterocycles. The summed E-state index contributed by atoms with van der Waals surface area (Å²) in [4.78, 5) is 4.28. The van der Waals surface area contributed by atoms with E-state index in [2.05, 4.69) is 15.6 Å². The fourth-order valence-corrected chi connectivity index (χ4v) is 3.06. The molecule has 0 radical (unpaired) electrons. The minimum Gasteiger partial charge on any atom is -0.493 e. The van der Waals surface area contributed by atoms with E-state index in [0.29, 0.717) is 36.3 Å². The van der Waals surface area contributed by atoms with E-state index in [9.17, 15) is 0 Å². The first-order valence-corrected chi connectivity index (χ1v) is 9.55. The minimum absolute atomic E-state index is 0. The average Bonchev–Trinajstić information content (AvgIpc) is 2.80. The number of guanidine groups is 1. The molecule has 0 unspecified atom stereocenters. The van der Waals surface area contributed by atoms with Crippen LogP contribution in [0.5, 0.6) is 28.7 Å². The second-order valence-electron chi connectivity index (χ2n) is 6.29. The summed E-state index contributed by atoms with van der Waals surface area (Å²) in [5.41, 5.74) is 2.06. The molecule has 0 heterocycles. The van der Waals surface area contributed by atoms with E-state index in [1.54, 1.807) is 42.6 Å². The van der Waals surface area contributed by atoms with Crippen LogP contribution in [0.2, 0.25) is 0 Å². The van der Waals surface area contributed by atoms with E-state index in [1.165, 1.54) is 0 Å². The molecule has 0 spiro atoms. The zero-order valence-corrected chi connectivity index (χ0v) is 21.2. The fourth-order valence-electron chi connectivity index (χ4n) is 3.06. The van der Waals surface area contributed by atoms with Crippen LogP contribution in [0.1, 0.15) is 11.1 Å². The molecule has 0 amide bonds. The summed E-state index contributed by atoms with van der Waals surface area (Å²) in [5, 5.41) is 6.61. The molecule has 0 aromatic heterocycles. The number of hydrogen-bond acceptors (Lipinski definition) is 6. The topological polar surface area (TPSA) is 82.6 Å². The molecule has 2 rings (SSSR count). The summed E-state index contributed by atoms with van der Waals surface area (Å²) in [7, 11) is 9.79. The predicted molar refractivity (Wildman–Crippen MR) is 133 cm³/mol. The molecule has 172 valence electrons. The highest BCUT2D eigenvalue weighted by atomic mass is 127. The Morgan fingerprint density at radius 3 is 2.00 bits per heavy atom. The van der Waals surface area contributed by atoms with Crippen molar-refractivity contribution >= 4 is 29.9 Å². The first kappa shape index (κ1) is 26.5. The van der Waals surface area contributed by atoms with Crippen LogP contribution in [0.4, 0.5) is 0 Å². The lowest BCUT2D eigenvalue weighted by molar-refractivity contribution is 0.322. The fraction of sp³-hybridized carbons (Fsp3) is 0.409. The van der Waals surface area contributed by atoms with E-state index >= 15 is 0 Å². The monoisotopic (exact) mass is 545 g/mol. The number of nitrogens with zero attached hydrogens (tertiary/aromatic N) is 1. The highest BCUT2D eigenvalue weighted by Crippen LogP contribution is 2.39. The smallest absolute Gasteiger partial charge is 0.203 e. The van der Waals surface area contributed by atoms with E-state index in [4.69, 9.17) is 23.7 Å². The normalized spacial score (nSPS) is 10.6. The van der Waals surface area contributed by atoms with Crippen LogP contribution in [0.25, 0.3) is 0 Å². The maximum Gasteiger partial charge on any atom is 0.203 e. The lowest BCUT2D eigenvalue weighted by Crippen LogP contribution is -2.37. The summed E-state index contributed by atoms with van der Waals surface area (Å²) in [6.45, 7) is 1.22. The number of benzene rings is 2. The van der Waals surface area contributed by atoms with Crippen molar-refractivity contribution in [2.45, 2.75) is 13.0 Å². The lowest BCUT2D eigenvalue weighted by atomic mass is 10.1. The maximum absolute atomic E-state index is 5.53. The molecule has 0 bridgehead atoms. The van der Waals surface area contributed by atoms with E-state index < -0.39 is 0 Å². The highest BCUT2D eigenvalue weighted by Gasteiger charge is 2.16. The van der Waals surface area contributed by atoms with Crippen molar-refractivity contribution in [3.8, 4) is 28.7 Å². The molecule has 31 heavy (non-hydrogen) atoms. The molecule has 9 heteroatoms.